The number of carbonyl (C=O) groups excluding carboxylic acids is 2. The smallest absolute Gasteiger partial charge is 0.310 e. The van der Waals surface area contributed by atoms with Gasteiger partial charge in [0.2, 0.25) is 0 Å². The molecule has 1 atom stereocenters. The highest BCUT2D eigenvalue weighted by atomic mass is 16.5. The van der Waals surface area contributed by atoms with Crippen molar-refractivity contribution in [3.63, 3.8) is 0 Å². The lowest BCUT2D eigenvalue weighted by atomic mass is 9.53. The fourth-order valence-corrected chi connectivity index (χ4v) is 5.71. The first-order valence-electron chi connectivity index (χ1n) is 10.2. The SMILES string of the molecule is C[C@H](OC(=O)CCOc1ccccc1)C(=O)NC12CC3CC(CC(C3)C1)C2. The van der Waals surface area contributed by atoms with Gasteiger partial charge in [0.05, 0.1) is 13.0 Å². The molecule has 0 unspecified atom stereocenters. The summed E-state index contributed by atoms with van der Waals surface area (Å²) in [6, 6.07) is 9.35. The van der Waals surface area contributed by atoms with Crippen LogP contribution in [0.1, 0.15) is 51.9 Å². The van der Waals surface area contributed by atoms with Crippen molar-refractivity contribution in [2.24, 2.45) is 17.8 Å². The van der Waals surface area contributed by atoms with Crippen molar-refractivity contribution in [1.82, 2.24) is 5.32 Å². The summed E-state index contributed by atoms with van der Waals surface area (Å²) < 4.78 is 10.8. The number of ether oxygens (including phenoxy) is 2. The van der Waals surface area contributed by atoms with E-state index in [0.717, 1.165) is 42.8 Å². The van der Waals surface area contributed by atoms with E-state index in [1.54, 1.807) is 6.92 Å². The minimum atomic E-state index is -0.762. The first-order valence-corrected chi connectivity index (χ1v) is 10.2. The van der Waals surface area contributed by atoms with Crippen molar-refractivity contribution < 1.29 is 19.1 Å². The number of hydrogen-bond acceptors (Lipinski definition) is 4. The molecule has 1 aromatic carbocycles. The quantitative estimate of drug-likeness (QED) is 0.746. The molecule has 1 amide bonds. The number of carbonyl (C=O) groups is 2. The molecule has 0 radical (unpaired) electrons. The van der Waals surface area contributed by atoms with Gasteiger partial charge >= 0.3 is 5.97 Å². The lowest BCUT2D eigenvalue weighted by molar-refractivity contribution is -0.157. The van der Waals surface area contributed by atoms with Gasteiger partial charge < -0.3 is 14.8 Å². The van der Waals surface area contributed by atoms with Crippen LogP contribution in [0.25, 0.3) is 0 Å². The molecule has 0 saturated heterocycles. The molecule has 4 aliphatic rings. The summed E-state index contributed by atoms with van der Waals surface area (Å²) in [7, 11) is 0. The third-order valence-corrected chi connectivity index (χ3v) is 6.42. The van der Waals surface area contributed by atoms with Crippen LogP contribution >= 0.6 is 0 Å². The molecule has 0 heterocycles. The Hall–Kier alpha value is -2.04. The standard InChI is InChI=1S/C22H29NO4/c1-15(27-20(24)7-8-26-19-5-3-2-4-6-19)21(25)23-22-12-16-9-17(13-22)11-18(10-16)14-22/h2-6,15-18H,7-14H2,1H3,(H,23,25)/t15-,16?,17?,18?,22?/m0/s1. The van der Waals surface area contributed by atoms with Gasteiger partial charge in [-0.25, -0.2) is 0 Å². The lowest BCUT2D eigenvalue weighted by Gasteiger charge is -2.57. The highest BCUT2D eigenvalue weighted by Gasteiger charge is 2.51. The van der Waals surface area contributed by atoms with Crippen LogP contribution in [0.3, 0.4) is 0 Å². The second-order valence-electron chi connectivity index (χ2n) is 8.73. The third-order valence-electron chi connectivity index (χ3n) is 6.42. The highest BCUT2D eigenvalue weighted by Crippen LogP contribution is 2.55. The highest BCUT2D eigenvalue weighted by molar-refractivity contribution is 5.84. The normalized spacial score (nSPS) is 32.0. The molecular formula is C22H29NO4. The second kappa shape index (κ2) is 7.53. The van der Waals surface area contributed by atoms with Crippen molar-refractivity contribution in [2.75, 3.05) is 6.61 Å². The minimum Gasteiger partial charge on any atom is -0.493 e. The zero-order valence-electron chi connectivity index (χ0n) is 16.0. The van der Waals surface area contributed by atoms with Crippen LogP contribution in [0.5, 0.6) is 5.75 Å². The van der Waals surface area contributed by atoms with Gasteiger partial charge in [0, 0.05) is 5.54 Å². The molecule has 1 aromatic rings. The van der Waals surface area contributed by atoms with E-state index in [1.807, 2.05) is 30.3 Å². The topological polar surface area (TPSA) is 64.6 Å². The van der Waals surface area contributed by atoms with Crippen LogP contribution in [0.4, 0.5) is 0 Å². The Morgan fingerprint density at radius 3 is 2.26 bits per heavy atom. The summed E-state index contributed by atoms with van der Waals surface area (Å²) in [4.78, 5) is 24.7. The van der Waals surface area contributed by atoms with Crippen LogP contribution in [-0.2, 0) is 14.3 Å². The van der Waals surface area contributed by atoms with Gasteiger partial charge in [-0.2, -0.15) is 0 Å². The fourth-order valence-electron chi connectivity index (χ4n) is 5.71. The summed E-state index contributed by atoms with van der Waals surface area (Å²) in [5, 5.41) is 3.26. The summed E-state index contributed by atoms with van der Waals surface area (Å²) in [5.41, 5.74) is -0.0527. The Labute approximate surface area is 160 Å². The molecule has 4 aliphatic carbocycles. The molecule has 1 N–H and O–H groups in total. The van der Waals surface area contributed by atoms with Crippen molar-refractivity contribution in [2.45, 2.75) is 63.5 Å². The number of benzene rings is 1. The van der Waals surface area contributed by atoms with Gasteiger partial charge in [-0.15, -0.1) is 0 Å². The van der Waals surface area contributed by atoms with E-state index in [2.05, 4.69) is 5.32 Å². The first-order chi connectivity index (χ1) is 13.0. The molecule has 5 heteroatoms. The monoisotopic (exact) mass is 371 g/mol. The Bertz CT molecular complexity index is 652. The molecule has 0 aromatic heterocycles. The molecule has 4 bridgehead atoms. The predicted molar refractivity (Wildman–Crippen MR) is 101 cm³/mol. The summed E-state index contributed by atoms with van der Waals surface area (Å²) >= 11 is 0. The number of nitrogens with one attached hydrogen (secondary N) is 1. The van der Waals surface area contributed by atoms with E-state index in [1.165, 1.54) is 19.3 Å². The van der Waals surface area contributed by atoms with Crippen LogP contribution in [-0.4, -0.2) is 30.1 Å². The largest absolute Gasteiger partial charge is 0.493 e. The maximum absolute atomic E-state index is 12.6. The van der Waals surface area contributed by atoms with Gasteiger partial charge in [0.15, 0.2) is 6.10 Å². The Morgan fingerprint density at radius 2 is 1.67 bits per heavy atom. The number of para-hydroxylation sites is 1. The van der Waals surface area contributed by atoms with E-state index >= 15 is 0 Å². The molecule has 0 aliphatic heterocycles. The van der Waals surface area contributed by atoms with E-state index < -0.39 is 12.1 Å². The van der Waals surface area contributed by atoms with Crippen molar-refractivity contribution in [3.8, 4) is 5.75 Å². The third kappa shape index (κ3) is 4.28. The van der Waals surface area contributed by atoms with E-state index in [0.29, 0.717) is 0 Å². The van der Waals surface area contributed by atoms with Crippen LogP contribution in [0.15, 0.2) is 30.3 Å². The van der Waals surface area contributed by atoms with E-state index in [-0.39, 0.29) is 24.5 Å². The van der Waals surface area contributed by atoms with Gasteiger partial charge in [-0.05, 0) is 75.3 Å². The Balaban J connectivity index is 1.23. The zero-order valence-corrected chi connectivity index (χ0v) is 16.0. The maximum atomic E-state index is 12.6. The summed E-state index contributed by atoms with van der Waals surface area (Å²) in [6.45, 7) is 1.90. The van der Waals surface area contributed by atoms with Gasteiger partial charge in [0.25, 0.3) is 5.91 Å². The van der Waals surface area contributed by atoms with E-state index in [4.69, 9.17) is 9.47 Å². The molecule has 4 saturated carbocycles. The van der Waals surface area contributed by atoms with Crippen LogP contribution in [0, 0.1) is 17.8 Å². The first kappa shape index (κ1) is 18.3. The second-order valence-corrected chi connectivity index (χ2v) is 8.73. The molecule has 5 rings (SSSR count). The molecule has 27 heavy (non-hydrogen) atoms. The fraction of sp³-hybridized carbons (Fsp3) is 0.636. The average molecular weight is 371 g/mol. The molecule has 4 fully saturated rings. The number of hydrogen-bond donors (Lipinski definition) is 1. The summed E-state index contributed by atoms with van der Waals surface area (Å²) in [5.74, 6) is 2.46. The number of rotatable bonds is 7. The maximum Gasteiger partial charge on any atom is 0.310 e. The van der Waals surface area contributed by atoms with Gasteiger partial charge in [0.1, 0.15) is 5.75 Å². The van der Waals surface area contributed by atoms with Gasteiger partial charge in [-0.1, -0.05) is 18.2 Å². The Morgan fingerprint density at radius 1 is 1.07 bits per heavy atom. The van der Waals surface area contributed by atoms with Crippen molar-refractivity contribution in [3.05, 3.63) is 30.3 Å². The van der Waals surface area contributed by atoms with Crippen LogP contribution in [0.2, 0.25) is 0 Å². The molecule has 5 nitrogen and oxygen atoms in total. The van der Waals surface area contributed by atoms with Crippen molar-refractivity contribution >= 4 is 11.9 Å². The number of esters is 1. The molecule has 0 spiro atoms. The number of amides is 1. The summed E-state index contributed by atoms with van der Waals surface area (Å²) in [6.07, 6.45) is 6.65. The minimum absolute atomic E-state index is 0.0527. The van der Waals surface area contributed by atoms with Crippen LogP contribution < -0.4 is 10.1 Å². The van der Waals surface area contributed by atoms with Gasteiger partial charge in [-0.3, -0.25) is 9.59 Å². The predicted octanol–water partition coefficient (Wildman–Crippen LogP) is 3.47. The van der Waals surface area contributed by atoms with Crippen molar-refractivity contribution in [1.29, 1.82) is 0 Å². The molecule has 146 valence electrons. The zero-order chi connectivity index (χ0) is 18.9. The lowest BCUT2D eigenvalue weighted by Crippen LogP contribution is -2.61. The molecular weight excluding hydrogens is 342 g/mol. The average Bonchev–Trinajstić information content (AvgIpc) is 2.61. The van der Waals surface area contributed by atoms with E-state index in [9.17, 15) is 9.59 Å². The Kier molecular flexibility index (Phi) is 5.11.